The molecule has 4 heteroatoms. The molecular weight excluding hydrogens is 326 g/mol. The molecule has 1 N–H and O–H groups in total. The summed E-state index contributed by atoms with van der Waals surface area (Å²) in [4.78, 5) is 28.1. The van der Waals surface area contributed by atoms with Crippen molar-refractivity contribution in [3.05, 3.63) is 65.2 Å². The zero-order chi connectivity index (χ0) is 18.3. The van der Waals surface area contributed by atoms with Crippen molar-refractivity contribution < 1.29 is 14.7 Å². The molecule has 1 heterocycles. The van der Waals surface area contributed by atoms with Crippen molar-refractivity contribution in [2.24, 2.45) is 5.92 Å². The summed E-state index contributed by atoms with van der Waals surface area (Å²) in [5.74, 6) is -1.22. The van der Waals surface area contributed by atoms with Crippen LogP contribution < -0.4 is 4.90 Å². The predicted octanol–water partition coefficient (Wildman–Crippen LogP) is 3.47. The highest BCUT2D eigenvalue weighted by Gasteiger charge is 2.57. The number of carbonyl (C=O) groups is 2. The molecule has 4 nitrogen and oxygen atoms in total. The number of aliphatic hydroxyl groups is 1. The summed E-state index contributed by atoms with van der Waals surface area (Å²) >= 11 is 0. The molecule has 134 valence electrons. The first-order chi connectivity index (χ1) is 12.6. The molecule has 0 unspecified atom stereocenters. The Morgan fingerprint density at radius 2 is 1.85 bits per heavy atom. The second kappa shape index (κ2) is 6.36. The van der Waals surface area contributed by atoms with Crippen molar-refractivity contribution >= 4 is 17.4 Å². The van der Waals surface area contributed by atoms with E-state index in [-0.39, 0.29) is 11.7 Å². The van der Waals surface area contributed by atoms with Crippen LogP contribution in [0.3, 0.4) is 0 Å². The molecule has 0 radical (unpaired) electrons. The number of anilines is 1. The Balaban J connectivity index is 1.78. The van der Waals surface area contributed by atoms with Gasteiger partial charge in [0.15, 0.2) is 11.4 Å². The van der Waals surface area contributed by atoms with Crippen molar-refractivity contribution in [3.63, 3.8) is 0 Å². The Kier molecular flexibility index (Phi) is 4.16. The first-order valence-electron chi connectivity index (χ1n) is 9.35. The monoisotopic (exact) mass is 349 g/mol. The van der Waals surface area contributed by atoms with Crippen molar-refractivity contribution in [2.75, 3.05) is 11.4 Å². The minimum Gasteiger partial charge on any atom is -0.375 e. The third-order valence-corrected chi connectivity index (χ3v) is 5.72. The number of hydrogen-bond acceptors (Lipinski definition) is 3. The van der Waals surface area contributed by atoms with E-state index in [9.17, 15) is 14.7 Å². The van der Waals surface area contributed by atoms with E-state index in [0.717, 1.165) is 24.1 Å². The number of para-hydroxylation sites is 1. The highest BCUT2D eigenvalue weighted by molar-refractivity contribution is 6.12. The molecule has 0 saturated carbocycles. The van der Waals surface area contributed by atoms with Gasteiger partial charge < -0.3 is 10.0 Å². The first kappa shape index (κ1) is 17.0. The van der Waals surface area contributed by atoms with Gasteiger partial charge >= 0.3 is 0 Å². The Hall–Kier alpha value is -2.46. The van der Waals surface area contributed by atoms with Crippen LogP contribution >= 0.6 is 0 Å². The van der Waals surface area contributed by atoms with Crippen LogP contribution in [0, 0.1) is 5.92 Å². The van der Waals surface area contributed by atoms with E-state index in [2.05, 4.69) is 6.92 Å². The summed E-state index contributed by atoms with van der Waals surface area (Å²) in [6.45, 7) is 2.63. The SMILES string of the molecule is CCCCN1C(=O)[C@](O)([C@@H]2CCc3ccccc3C2=O)c2ccccc21. The lowest BCUT2D eigenvalue weighted by Gasteiger charge is -2.34. The second-order valence-electron chi connectivity index (χ2n) is 7.21. The minimum atomic E-state index is -1.77. The average Bonchev–Trinajstić information content (AvgIpc) is 2.89. The van der Waals surface area contributed by atoms with E-state index < -0.39 is 11.5 Å². The Bertz CT molecular complexity index is 875. The molecule has 0 saturated heterocycles. The number of nitrogens with zero attached hydrogens (tertiary/aromatic N) is 1. The molecule has 0 bridgehead atoms. The topological polar surface area (TPSA) is 57.6 Å². The molecule has 2 aliphatic rings. The number of benzene rings is 2. The molecule has 2 aromatic carbocycles. The lowest BCUT2D eigenvalue weighted by Crippen LogP contribution is -2.49. The summed E-state index contributed by atoms with van der Waals surface area (Å²) in [5.41, 5.74) is 1.17. The highest BCUT2D eigenvalue weighted by atomic mass is 16.3. The molecule has 26 heavy (non-hydrogen) atoms. The maximum absolute atomic E-state index is 13.3. The predicted molar refractivity (Wildman–Crippen MR) is 100 cm³/mol. The third kappa shape index (κ3) is 2.32. The van der Waals surface area contributed by atoms with Gasteiger partial charge in [-0.15, -0.1) is 0 Å². The molecule has 2 atom stereocenters. The Labute approximate surface area is 153 Å². The number of Topliss-reactive ketones (excluding diaryl/α,β-unsaturated/α-hetero) is 1. The normalized spacial score (nSPS) is 24.5. The fourth-order valence-corrected chi connectivity index (χ4v) is 4.33. The number of carbonyl (C=O) groups excluding carboxylic acids is 2. The van der Waals surface area contributed by atoms with Gasteiger partial charge in [-0.25, -0.2) is 0 Å². The average molecular weight is 349 g/mol. The van der Waals surface area contributed by atoms with Gasteiger partial charge in [0.25, 0.3) is 5.91 Å². The van der Waals surface area contributed by atoms with Gasteiger partial charge in [-0.05, 0) is 30.9 Å². The summed E-state index contributed by atoms with van der Waals surface area (Å²) in [5, 5.41) is 11.6. The van der Waals surface area contributed by atoms with Crippen LogP contribution in [0.4, 0.5) is 5.69 Å². The quantitative estimate of drug-likeness (QED) is 0.919. The van der Waals surface area contributed by atoms with Gasteiger partial charge in [-0.1, -0.05) is 55.8 Å². The fraction of sp³-hybridized carbons (Fsp3) is 0.364. The molecule has 0 spiro atoms. The van der Waals surface area contributed by atoms with E-state index in [1.165, 1.54) is 0 Å². The van der Waals surface area contributed by atoms with Crippen molar-refractivity contribution in [2.45, 2.75) is 38.2 Å². The van der Waals surface area contributed by atoms with E-state index in [0.29, 0.717) is 30.5 Å². The zero-order valence-electron chi connectivity index (χ0n) is 14.9. The van der Waals surface area contributed by atoms with Crippen LogP contribution in [0.15, 0.2) is 48.5 Å². The van der Waals surface area contributed by atoms with Crippen molar-refractivity contribution in [1.82, 2.24) is 0 Å². The van der Waals surface area contributed by atoms with Crippen LogP contribution in [-0.2, 0) is 16.8 Å². The molecule has 1 aliphatic heterocycles. The van der Waals surface area contributed by atoms with E-state index >= 15 is 0 Å². The van der Waals surface area contributed by atoms with Crippen LogP contribution in [0.5, 0.6) is 0 Å². The van der Waals surface area contributed by atoms with Gasteiger partial charge in [-0.2, -0.15) is 0 Å². The first-order valence-corrected chi connectivity index (χ1v) is 9.35. The molecule has 4 rings (SSSR count). The van der Waals surface area contributed by atoms with Gasteiger partial charge in [0, 0.05) is 17.7 Å². The Morgan fingerprint density at radius 3 is 2.65 bits per heavy atom. The molecule has 1 amide bonds. The maximum Gasteiger partial charge on any atom is 0.264 e. The number of unbranched alkanes of at least 4 members (excludes halogenated alkanes) is 1. The van der Waals surface area contributed by atoms with Crippen molar-refractivity contribution in [1.29, 1.82) is 0 Å². The maximum atomic E-state index is 13.3. The van der Waals surface area contributed by atoms with Gasteiger partial charge in [0.05, 0.1) is 11.6 Å². The van der Waals surface area contributed by atoms with Crippen LogP contribution in [-0.4, -0.2) is 23.3 Å². The Morgan fingerprint density at radius 1 is 1.12 bits per heavy atom. The number of ketones is 1. The number of fused-ring (bicyclic) bond motifs is 2. The second-order valence-corrected chi connectivity index (χ2v) is 7.21. The summed E-state index contributed by atoms with van der Waals surface area (Å²) in [6.07, 6.45) is 2.99. The van der Waals surface area contributed by atoms with Gasteiger partial charge in [0.1, 0.15) is 0 Å². The molecule has 1 aliphatic carbocycles. The number of amides is 1. The van der Waals surface area contributed by atoms with E-state index in [4.69, 9.17) is 0 Å². The molecule has 0 aromatic heterocycles. The summed E-state index contributed by atoms with van der Waals surface area (Å²) in [7, 11) is 0. The smallest absolute Gasteiger partial charge is 0.264 e. The molecule has 2 aromatic rings. The molecule has 0 fully saturated rings. The van der Waals surface area contributed by atoms with Crippen molar-refractivity contribution in [3.8, 4) is 0 Å². The largest absolute Gasteiger partial charge is 0.375 e. The number of aryl methyl sites for hydroxylation is 1. The summed E-state index contributed by atoms with van der Waals surface area (Å²) < 4.78 is 0. The summed E-state index contributed by atoms with van der Waals surface area (Å²) in [6, 6.07) is 14.8. The number of hydrogen-bond donors (Lipinski definition) is 1. The minimum absolute atomic E-state index is 0.130. The molecular formula is C22H23NO3. The standard InChI is InChI=1S/C22H23NO3/c1-2-3-14-23-19-11-7-6-10-17(19)22(26,21(23)25)18-13-12-15-8-4-5-9-16(15)20(18)24/h4-11,18,26H,2-3,12-14H2,1H3/t18-,22-/m1/s1. The van der Waals surface area contributed by atoms with Crippen LogP contribution in [0.25, 0.3) is 0 Å². The van der Waals surface area contributed by atoms with E-state index in [1.807, 2.05) is 36.4 Å². The third-order valence-electron chi connectivity index (χ3n) is 5.72. The lowest BCUT2D eigenvalue weighted by atomic mass is 9.71. The zero-order valence-corrected chi connectivity index (χ0v) is 14.9. The van der Waals surface area contributed by atoms with Crippen LogP contribution in [0.1, 0.15) is 47.7 Å². The van der Waals surface area contributed by atoms with Gasteiger partial charge in [0.2, 0.25) is 0 Å². The highest BCUT2D eigenvalue weighted by Crippen LogP contribution is 2.48. The van der Waals surface area contributed by atoms with Crippen LogP contribution in [0.2, 0.25) is 0 Å². The van der Waals surface area contributed by atoms with E-state index in [1.54, 1.807) is 17.0 Å². The fourth-order valence-electron chi connectivity index (χ4n) is 4.33. The number of rotatable bonds is 4. The lowest BCUT2D eigenvalue weighted by molar-refractivity contribution is -0.140. The van der Waals surface area contributed by atoms with Gasteiger partial charge in [-0.3, -0.25) is 9.59 Å².